The van der Waals surface area contributed by atoms with Gasteiger partial charge in [0.2, 0.25) is 0 Å². The van der Waals surface area contributed by atoms with Gasteiger partial charge in [-0.3, -0.25) is 0 Å². The minimum absolute atomic E-state index is 0.179. The molecule has 0 aromatic carbocycles. The average molecular weight is 258 g/mol. The molecule has 1 aliphatic rings. The summed E-state index contributed by atoms with van der Waals surface area (Å²) in [5.74, 6) is 0. The van der Waals surface area contributed by atoms with E-state index in [2.05, 4.69) is 10.6 Å². The van der Waals surface area contributed by atoms with Crippen molar-refractivity contribution in [2.24, 2.45) is 0 Å². The number of ether oxygens (including phenoxy) is 1. The van der Waals surface area contributed by atoms with Crippen LogP contribution in [0.15, 0.2) is 0 Å². The van der Waals surface area contributed by atoms with E-state index >= 15 is 0 Å². The van der Waals surface area contributed by atoms with Crippen LogP contribution in [0.3, 0.4) is 0 Å². The topological polar surface area (TPSA) is 70.6 Å². The zero-order valence-electron chi connectivity index (χ0n) is 11.3. The summed E-state index contributed by atoms with van der Waals surface area (Å²) in [5.41, 5.74) is -0.671. The molecule has 2 amide bonds. The number of aliphatic hydroxyl groups is 1. The van der Waals surface area contributed by atoms with Gasteiger partial charge in [0.1, 0.15) is 0 Å². The van der Waals surface area contributed by atoms with Gasteiger partial charge >= 0.3 is 6.03 Å². The first-order valence-electron chi connectivity index (χ1n) is 6.89. The van der Waals surface area contributed by atoms with Crippen molar-refractivity contribution in [2.45, 2.75) is 50.5 Å². The third kappa shape index (κ3) is 6.21. The Bertz CT molecular complexity index is 240. The summed E-state index contributed by atoms with van der Waals surface area (Å²) in [5, 5.41) is 15.6. The maximum absolute atomic E-state index is 11.5. The fourth-order valence-electron chi connectivity index (χ4n) is 2.27. The molecule has 18 heavy (non-hydrogen) atoms. The Morgan fingerprint density at radius 3 is 2.61 bits per heavy atom. The summed E-state index contributed by atoms with van der Waals surface area (Å²) in [6.07, 6.45) is 6.74. The average Bonchev–Trinajstić information content (AvgIpc) is 2.79. The second-order valence-electron chi connectivity index (χ2n) is 5.09. The second-order valence-corrected chi connectivity index (χ2v) is 5.09. The number of methoxy groups -OCH3 is 1. The normalized spacial score (nSPS) is 17.7. The number of carbonyl (C=O) groups excluding carboxylic acids is 1. The molecule has 0 spiro atoms. The summed E-state index contributed by atoms with van der Waals surface area (Å²) in [6, 6.07) is -0.179. The number of amides is 2. The molecule has 0 radical (unpaired) electrons. The summed E-state index contributed by atoms with van der Waals surface area (Å²) >= 11 is 0. The molecular weight excluding hydrogens is 232 g/mol. The van der Waals surface area contributed by atoms with E-state index in [-0.39, 0.29) is 6.03 Å². The molecule has 0 saturated heterocycles. The highest BCUT2D eigenvalue weighted by Gasteiger charge is 2.31. The van der Waals surface area contributed by atoms with Crippen LogP contribution in [0.5, 0.6) is 0 Å². The first-order chi connectivity index (χ1) is 8.66. The summed E-state index contributed by atoms with van der Waals surface area (Å²) in [4.78, 5) is 11.5. The monoisotopic (exact) mass is 258 g/mol. The number of carbonyl (C=O) groups is 1. The molecular formula is C13H26N2O3. The van der Waals surface area contributed by atoms with E-state index in [4.69, 9.17) is 4.74 Å². The van der Waals surface area contributed by atoms with Crippen molar-refractivity contribution >= 4 is 6.03 Å². The van der Waals surface area contributed by atoms with Gasteiger partial charge in [-0.15, -0.1) is 0 Å². The van der Waals surface area contributed by atoms with Crippen molar-refractivity contribution in [2.75, 3.05) is 26.8 Å². The lowest BCUT2D eigenvalue weighted by molar-refractivity contribution is 0.0501. The van der Waals surface area contributed by atoms with Crippen molar-refractivity contribution in [3.63, 3.8) is 0 Å². The highest BCUT2D eigenvalue weighted by molar-refractivity contribution is 5.73. The zero-order valence-corrected chi connectivity index (χ0v) is 11.3. The summed E-state index contributed by atoms with van der Waals surface area (Å²) < 4.78 is 4.95. The maximum atomic E-state index is 11.5. The lowest BCUT2D eigenvalue weighted by atomic mass is 10.0. The number of urea groups is 1. The SMILES string of the molecule is COCCCCCNC(=O)NCC1(O)CCCC1. The van der Waals surface area contributed by atoms with Crippen LogP contribution in [0, 0.1) is 0 Å². The molecule has 1 rings (SSSR count). The molecule has 106 valence electrons. The molecule has 0 bridgehead atoms. The van der Waals surface area contributed by atoms with Gasteiger partial charge in [-0.25, -0.2) is 4.79 Å². The van der Waals surface area contributed by atoms with Gasteiger partial charge in [0.15, 0.2) is 0 Å². The van der Waals surface area contributed by atoms with Gasteiger partial charge in [-0.1, -0.05) is 12.8 Å². The molecule has 1 fully saturated rings. The zero-order chi connectivity index (χ0) is 13.3. The maximum Gasteiger partial charge on any atom is 0.314 e. The number of rotatable bonds is 8. The van der Waals surface area contributed by atoms with Crippen molar-refractivity contribution in [3.05, 3.63) is 0 Å². The predicted octanol–water partition coefficient (Wildman–Crippen LogP) is 1.41. The second kappa shape index (κ2) is 8.32. The van der Waals surface area contributed by atoms with E-state index in [9.17, 15) is 9.90 Å². The van der Waals surface area contributed by atoms with Crippen LogP contribution in [0.4, 0.5) is 4.79 Å². The molecule has 0 atom stereocenters. The first-order valence-corrected chi connectivity index (χ1v) is 6.89. The van der Waals surface area contributed by atoms with Gasteiger partial charge in [0, 0.05) is 26.8 Å². The fourth-order valence-corrected chi connectivity index (χ4v) is 2.27. The quantitative estimate of drug-likeness (QED) is 0.576. The lowest BCUT2D eigenvalue weighted by Crippen LogP contribution is -2.45. The minimum Gasteiger partial charge on any atom is -0.388 e. The van der Waals surface area contributed by atoms with Crippen LogP contribution in [-0.4, -0.2) is 43.5 Å². The van der Waals surface area contributed by atoms with Crippen LogP contribution in [0.2, 0.25) is 0 Å². The third-order valence-electron chi connectivity index (χ3n) is 3.42. The van der Waals surface area contributed by atoms with Crippen molar-refractivity contribution in [1.29, 1.82) is 0 Å². The smallest absolute Gasteiger partial charge is 0.314 e. The predicted molar refractivity (Wildman–Crippen MR) is 70.5 cm³/mol. The largest absolute Gasteiger partial charge is 0.388 e. The molecule has 5 nitrogen and oxygen atoms in total. The molecule has 0 aromatic rings. The molecule has 1 aliphatic carbocycles. The van der Waals surface area contributed by atoms with E-state index in [1.54, 1.807) is 7.11 Å². The molecule has 0 aromatic heterocycles. The van der Waals surface area contributed by atoms with Gasteiger partial charge in [0.25, 0.3) is 0 Å². The molecule has 0 unspecified atom stereocenters. The van der Waals surface area contributed by atoms with Crippen LogP contribution in [0.25, 0.3) is 0 Å². The third-order valence-corrected chi connectivity index (χ3v) is 3.42. The number of nitrogens with one attached hydrogen (secondary N) is 2. The van der Waals surface area contributed by atoms with E-state index in [1.807, 2.05) is 0 Å². The Labute approximate surface area is 109 Å². The highest BCUT2D eigenvalue weighted by atomic mass is 16.5. The van der Waals surface area contributed by atoms with Crippen molar-refractivity contribution < 1.29 is 14.6 Å². The summed E-state index contributed by atoms with van der Waals surface area (Å²) in [7, 11) is 1.69. The van der Waals surface area contributed by atoms with E-state index in [1.165, 1.54) is 0 Å². The lowest BCUT2D eigenvalue weighted by Gasteiger charge is -2.22. The van der Waals surface area contributed by atoms with Crippen molar-refractivity contribution in [3.8, 4) is 0 Å². The Kier molecular flexibility index (Phi) is 7.05. The van der Waals surface area contributed by atoms with E-state index in [0.29, 0.717) is 13.1 Å². The standard InChI is InChI=1S/C13H26N2O3/c1-18-10-6-2-5-9-14-12(16)15-11-13(17)7-3-4-8-13/h17H,2-11H2,1H3,(H2,14,15,16). The number of unbranched alkanes of at least 4 members (excludes halogenated alkanes) is 2. The van der Waals surface area contributed by atoms with E-state index in [0.717, 1.165) is 51.6 Å². The molecule has 1 saturated carbocycles. The van der Waals surface area contributed by atoms with Crippen molar-refractivity contribution in [1.82, 2.24) is 10.6 Å². The van der Waals surface area contributed by atoms with Crippen LogP contribution >= 0.6 is 0 Å². The molecule has 0 heterocycles. The van der Waals surface area contributed by atoms with Gasteiger partial charge in [-0.05, 0) is 32.1 Å². The minimum atomic E-state index is -0.671. The molecule has 3 N–H and O–H groups in total. The number of hydrogen-bond acceptors (Lipinski definition) is 3. The first kappa shape index (κ1) is 15.2. The van der Waals surface area contributed by atoms with Gasteiger partial charge in [-0.2, -0.15) is 0 Å². The number of hydrogen-bond donors (Lipinski definition) is 3. The Morgan fingerprint density at radius 1 is 1.22 bits per heavy atom. The Morgan fingerprint density at radius 2 is 1.94 bits per heavy atom. The molecule has 0 aliphatic heterocycles. The Balaban J connectivity index is 1.97. The molecule has 5 heteroatoms. The van der Waals surface area contributed by atoms with Gasteiger partial charge < -0.3 is 20.5 Å². The van der Waals surface area contributed by atoms with E-state index < -0.39 is 5.60 Å². The summed E-state index contributed by atoms with van der Waals surface area (Å²) in [6.45, 7) is 1.82. The van der Waals surface area contributed by atoms with Crippen LogP contribution in [-0.2, 0) is 4.74 Å². The Hall–Kier alpha value is -0.810. The highest BCUT2D eigenvalue weighted by Crippen LogP contribution is 2.28. The van der Waals surface area contributed by atoms with Crippen LogP contribution in [0.1, 0.15) is 44.9 Å². The fraction of sp³-hybridized carbons (Fsp3) is 0.923. The van der Waals surface area contributed by atoms with Crippen LogP contribution < -0.4 is 10.6 Å². The van der Waals surface area contributed by atoms with Gasteiger partial charge in [0.05, 0.1) is 5.60 Å².